The van der Waals surface area contributed by atoms with E-state index < -0.39 is 17.8 Å². The standard InChI is InChI=1S/C17H25FO5/c1-3-21-15(19)14-10-13(12-8-6-5-7-9-12)11-17(18,23-14)16(20)22-4-2/h10,12-13H,3-9,11H2,1-2H3. The molecular weight excluding hydrogens is 303 g/mol. The minimum Gasteiger partial charge on any atom is -0.461 e. The third-order valence-electron chi connectivity index (χ3n) is 4.45. The Morgan fingerprint density at radius 1 is 1.22 bits per heavy atom. The smallest absolute Gasteiger partial charge is 0.384 e. The van der Waals surface area contributed by atoms with Crippen molar-refractivity contribution in [2.45, 2.75) is 58.2 Å². The van der Waals surface area contributed by atoms with Crippen LogP contribution in [0.4, 0.5) is 4.39 Å². The second-order valence-corrected chi connectivity index (χ2v) is 6.07. The zero-order valence-corrected chi connectivity index (χ0v) is 13.8. The van der Waals surface area contributed by atoms with Crippen LogP contribution in [0, 0.1) is 11.8 Å². The largest absolute Gasteiger partial charge is 0.461 e. The van der Waals surface area contributed by atoms with Crippen LogP contribution in [0.1, 0.15) is 52.4 Å². The molecule has 1 heterocycles. The molecule has 0 aromatic rings. The highest BCUT2D eigenvalue weighted by molar-refractivity contribution is 5.88. The van der Waals surface area contributed by atoms with E-state index in [0.29, 0.717) is 0 Å². The summed E-state index contributed by atoms with van der Waals surface area (Å²) in [4.78, 5) is 23.9. The van der Waals surface area contributed by atoms with Crippen molar-refractivity contribution in [3.05, 3.63) is 11.8 Å². The van der Waals surface area contributed by atoms with E-state index >= 15 is 4.39 Å². The summed E-state index contributed by atoms with van der Waals surface area (Å²) in [6.45, 7) is 3.48. The van der Waals surface area contributed by atoms with Crippen LogP contribution in [-0.2, 0) is 23.8 Å². The maximum atomic E-state index is 15.1. The van der Waals surface area contributed by atoms with Crippen LogP contribution in [-0.4, -0.2) is 31.0 Å². The average Bonchev–Trinajstić information content (AvgIpc) is 2.55. The average molecular weight is 328 g/mol. The van der Waals surface area contributed by atoms with Crippen LogP contribution < -0.4 is 0 Å². The van der Waals surface area contributed by atoms with Gasteiger partial charge in [0.1, 0.15) is 0 Å². The zero-order chi connectivity index (χ0) is 16.9. The monoisotopic (exact) mass is 328 g/mol. The molecule has 2 unspecified atom stereocenters. The number of halogens is 1. The highest BCUT2D eigenvalue weighted by atomic mass is 19.2. The Morgan fingerprint density at radius 2 is 1.87 bits per heavy atom. The fraction of sp³-hybridized carbons (Fsp3) is 0.765. The molecule has 2 atom stereocenters. The SMILES string of the molecule is CCOC(=O)C1=CC(C2CCCCC2)CC(F)(C(=O)OCC)O1. The summed E-state index contributed by atoms with van der Waals surface area (Å²) >= 11 is 0. The molecule has 1 aliphatic carbocycles. The highest BCUT2D eigenvalue weighted by Gasteiger charge is 2.50. The second-order valence-electron chi connectivity index (χ2n) is 6.07. The molecule has 2 rings (SSSR count). The maximum Gasteiger partial charge on any atom is 0.384 e. The Kier molecular flexibility index (Phi) is 6.02. The maximum absolute atomic E-state index is 15.1. The molecule has 0 aromatic heterocycles. The van der Waals surface area contributed by atoms with Gasteiger partial charge in [-0.15, -0.1) is 0 Å². The van der Waals surface area contributed by atoms with E-state index in [4.69, 9.17) is 14.2 Å². The molecule has 6 heteroatoms. The summed E-state index contributed by atoms with van der Waals surface area (Å²) in [6.07, 6.45) is 6.80. The van der Waals surface area contributed by atoms with Crippen LogP contribution in [0.2, 0.25) is 0 Å². The van der Waals surface area contributed by atoms with Crippen LogP contribution in [0.3, 0.4) is 0 Å². The number of hydrogen-bond donors (Lipinski definition) is 0. The van der Waals surface area contributed by atoms with Crippen LogP contribution in [0.15, 0.2) is 11.8 Å². The Balaban J connectivity index is 2.23. The Morgan fingerprint density at radius 3 is 2.48 bits per heavy atom. The molecule has 5 nitrogen and oxygen atoms in total. The molecule has 130 valence electrons. The van der Waals surface area contributed by atoms with E-state index in [9.17, 15) is 9.59 Å². The number of carbonyl (C=O) groups is 2. The Bertz CT molecular complexity index is 470. The Hall–Kier alpha value is -1.59. The number of esters is 2. The quantitative estimate of drug-likeness (QED) is 0.725. The molecule has 0 radical (unpaired) electrons. The van der Waals surface area contributed by atoms with Gasteiger partial charge in [-0.25, -0.2) is 9.59 Å². The van der Waals surface area contributed by atoms with E-state index in [1.54, 1.807) is 19.9 Å². The third kappa shape index (κ3) is 4.24. The van der Waals surface area contributed by atoms with Gasteiger partial charge in [-0.1, -0.05) is 19.3 Å². The predicted molar refractivity (Wildman–Crippen MR) is 81.0 cm³/mol. The zero-order valence-electron chi connectivity index (χ0n) is 13.8. The van der Waals surface area contributed by atoms with E-state index in [2.05, 4.69) is 0 Å². The number of allylic oxidation sites excluding steroid dienone is 1. The normalized spacial score (nSPS) is 28.5. The lowest BCUT2D eigenvalue weighted by Crippen LogP contribution is -2.45. The lowest BCUT2D eigenvalue weighted by molar-refractivity contribution is -0.202. The molecular formula is C17H25FO5. The van der Waals surface area contributed by atoms with Crippen molar-refractivity contribution in [1.82, 2.24) is 0 Å². The van der Waals surface area contributed by atoms with Gasteiger partial charge < -0.3 is 14.2 Å². The Labute approximate surface area is 136 Å². The first-order valence-corrected chi connectivity index (χ1v) is 8.44. The molecule has 1 saturated carbocycles. The first-order chi connectivity index (χ1) is 11.0. The molecule has 0 N–H and O–H groups in total. The van der Waals surface area contributed by atoms with Crippen molar-refractivity contribution in [3.8, 4) is 0 Å². The summed E-state index contributed by atoms with van der Waals surface area (Å²) in [5.41, 5.74) is 0. The van der Waals surface area contributed by atoms with E-state index in [1.165, 1.54) is 6.42 Å². The fourth-order valence-electron chi connectivity index (χ4n) is 3.35. The number of alkyl halides is 1. The van der Waals surface area contributed by atoms with Gasteiger partial charge >= 0.3 is 17.8 Å². The molecule has 23 heavy (non-hydrogen) atoms. The van der Waals surface area contributed by atoms with Crippen molar-refractivity contribution < 1.29 is 28.2 Å². The van der Waals surface area contributed by atoms with Crippen LogP contribution in [0.25, 0.3) is 0 Å². The van der Waals surface area contributed by atoms with Gasteiger partial charge in [0.05, 0.1) is 13.2 Å². The minimum absolute atomic E-state index is 0.0560. The second kappa shape index (κ2) is 7.79. The summed E-state index contributed by atoms with van der Waals surface area (Å²) in [6, 6.07) is 0. The number of hydrogen-bond acceptors (Lipinski definition) is 5. The van der Waals surface area contributed by atoms with E-state index in [1.807, 2.05) is 0 Å². The van der Waals surface area contributed by atoms with Crippen molar-refractivity contribution >= 4 is 11.9 Å². The highest BCUT2D eigenvalue weighted by Crippen LogP contribution is 2.41. The molecule has 1 aliphatic heterocycles. The first-order valence-electron chi connectivity index (χ1n) is 8.44. The van der Waals surface area contributed by atoms with Gasteiger partial charge in [-0.3, -0.25) is 0 Å². The van der Waals surface area contributed by atoms with Crippen molar-refractivity contribution in [3.63, 3.8) is 0 Å². The molecule has 0 bridgehead atoms. The van der Waals surface area contributed by atoms with E-state index in [0.717, 1.165) is 25.7 Å². The van der Waals surface area contributed by atoms with Gasteiger partial charge in [0, 0.05) is 6.42 Å². The molecule has 0 saturated heterocycles. The summed E-state index contributed by atoms with van der Waals surface area (Å²) in [7, 11) is 0. The topological polar surface area (TPSA) is 61.8 Å². The minimum atomic E-state index is -2.62. The van der Waals surface area contributed by atoms with E-state index in [-0.39, 0.29) is 37.2 Å². The molecule has 0 aromatic carbocycles. The lowest BCUT2D eigenvalue weighted by Gasteiger charge is -2.36. The van der Waals surface area contributed by atoms with Gasteiger partial charge in [-0.05, 0) is 44.6 Å². The third-order valence-corrected chi connectivity index (χ3v) is 4.45. The number of rotatable bonds is 5. The van der Waals surface area contributed by atoms with Gasteiger partial charge in [0.2, 0.25) is 5.76 Å². The van der Waals surface area contributed by atoms with Gasteiger partial charge in [0.15, 0.2) is 0 Å². The number of carbonyl (C=O) groups excluding carboxylic acids is 2. The van der Waals surface area contributed by atoms with Gasteiger partial charge in [0.25, 0.3) is 0 Å². The summed E-state index contributed by atoms with van der Waals surface area (Å²) in [5, 5.41) is 0. The van der Waals surface area contributed by atoms with Crippen molar-refractivity contribution in [2.75, 3.05) is 13.2 Å². The van der Waals surface area contributed by atoms with Crippen molar-refractivity contribution in [1.29, 1.82) is 0 Å². The fourth-order valence-corrected chi connectivity index (χ4v) is 3.35. The van der Waals surface area contributed by atoms with Crippen molar-refractivity contribution in [2.24, 2.45) is 11.8 Å². The predicted octanol–water partition coefficient (Wildman–Crippen LogP) is 3.28. The first kappa shape index (κ1) is 17.8. The van der Waals surface area contributed by atoms with Crippen LogP contribution in [0.5, 0.6) is 0 Å². The molecule has 2 aliphatic rings. The number of ether oxygens (including phenoxy) is 3. The lowest BCUT2D eigenvalue weighted by atomic mass is 9.76. The summed E-state index contributed by atoms with van der Waals surface area (Å²) in [5.74, 6) is -4.62. The van der Waals surface area contributed by atoms with Gasteiger partial charge in [-0.2, -0.15) is 4.39 Å². The molecule has 0 amide bonds. The molecule has 0 spiro atoms. The summed E-state index contributed by atoms with van der Waals surface area (Å²) < 4.78 is 29.8. The molecule has 1 fully saturated rings. The van der Waals surface area contributed by atoms with Crippen LogP contribution >= 0.6 is 0 Å².